The number of rotatable bonds is 9. The molecular weight excluding hydrogens is 220 g/mol. The van der Waals surface area contributed by atoms with Crippen LogP contribution in [0.1, 0.15) is 19.3 Å². The second-order valence-corrected chi connectivity index (χ2v) is 5.77. The molecule has 0 bridgehead atoms. The first-order chi connectivity index (χ1) is 7.79. The Hall–Kier alpha value is 0.230. The number of nitrogens with one attached hydrogen (secondary N) is 1. The van der Waals surface area contributed by atoms with Gasteiger partial charge in [0.15, 0.2) is 0 Å². The summed E-state index contributed by atoms with van der Waals surface area (Å²) in [4.78, 5) is 2.23. The van der Waals surface area contributed by atoms with Gasteiger partial charge in [0.05, 0.1) is 6.10 Å². The first-order valence-corrected chi connectivity index (χ1v) is 7.49. The van der Waals surface area contributed by atoms with Gasteiger partial charge in [-0.3, -0.25) is 0 Å². The van der Waals surface area contributed by atoms with Gasteiger partial charge in [0, 0.05) is 24.7 Å². The summed E-state index contributed by atoms with van der Waals surface area (Å²) in [7, 11) is 4.24. The van der Waals surface area contributed by atoms with Crippen LogP contribution in [0.15, 0.2) is 0 Å². The quantitative estimate of drug-likeness (QED) is 0.622. The zero-order chi connectivity index (χ0) is 11.6. The predicted octanol–water partition coefficient (Wildman–Crippen LogP) is 1.44. The molecule has 0 spiro atoms. The number of hydrogen-bond donors (Lipinski definition) is 1. The summed E-state index contributed by atoms with van der Waals surface area (Å²) < 4.78 is 5.58. The summed E-state index contributed by atoms with van der Waals surface area (Å²) in [6.45, 7) is 4.42. The van der Waals surface area contributed by atoms with Crippen molar-refractivity contribution < 1.29 is 4.74 Å². The molecule has 4 heteroatoms. The molecule has 1 aliphatic heterocycles. The average molecular weight is 246 g/mol. The van der Waals surface area contributed by atoms with Crippen LogP contribution >= 0.6 is 11.8 Å². The van der Waals surface area contributed by atoms with Gasteiger partial charge in [-0.15, -0.1) is 0 Å². The monoisotopic (exact) mass is 246 g/mol. The SMILES string of the molecule is CN(C)CCCNCCSCC1CCCO1. The van der Waals surface area contributed by atoms with E-state index in [-0.39, 0.29) is 0 Å². The van der Waals surface area contributed by atoms with Crippen LogP contribution in [-0.2, 0) is 4.74 Å². The molecule has 1 heterocycles. The summed E-state index contributed by atoms with van der Waals surface area (Å²) in [5.74, 6) is 2.39. The van der Waals surface area contributed by atoms with Gasteiger partial charge in [0.1, 0.15) is 0 Å². The van der Waals surface area contributed by atoms with Crippen LogP contribution in [0.5, 0.6) is 0 Å². The van der Waals surface area contributed by atoms with Crippen molar-refractivity contribution in [3.05, 3.63) is 0 Å². The lowest BCUT2D eigenvalue weighted by atomic mass is 10.3. The Bertz CT molecular complexity index is 161. The summed E-state index contributed by atoms with van der Waals surface area (Å²) in [5.41, 5.74) is 0. The molecule has 1 N–H and O–H groups in total. The molecule has 1 rings (SSSR count). The predicted molar refractivity (Wildman–Crippen MR) is 72.3 cm³/mol. The molecule has 0 aromatic carbocycles. The average Bonchev–Trinajstić information content (AvgIpc) is 2.74. The highest BCUT2D eigenvalue weighted by atomic mass is 32.2. The Labute approximate surface area is 104 Å². The van der Waals surface area contributed by atoms with Crippen molar-refractivity contribution in [2.24, 2.45) is 0 Å². The van der Waals surface area contributed by atoms with E-state index in [0.29, 0.717) is 6.10 Å². The van der Waals surface area contributed by atoms with Crippen molar-refractivity contribution in [3.63, 3.8) is 0 Å². The van der Waals surface area contributed by atoms with Crippen molar-refractivity contribution in [3.8, 4) is 0 Å². The largest absolute Gasteiger partial charge is 0.377 e. The van der Waals surface area contributed by atoms with Crippen LogP contribution in [0, 0.1) is 0 Å². The van der Waals surface area contributed by atoms with E-state index >= 15 is 0 Å². The standard InChI is InChI=1S/C12H26N2OS/c1-14(2)8-4-6-13-7-10-16-11-12-5-3-9-15-12/h12-13H,3-11H2,1-2H3. The van der Waals surface area contributed by atoms with Gasteiger partial charge in [0.2, 0.25) is 0 Å². The molecule has 96 valence electrons. The molecule has 1 unspecified atom stereocenters. The van der Waals surface area contributed by atoms with E-state index < -0.39 is 0 Å². The number of nitrogens with zero attached hydrogens (tertiary/aromatic N) is 1. The molecule has 16 heavy (non-hydrogen) atoms. The summed E-state index contributed by atoms with van der Waals surface area (Å²) >= 11 is 2.02. The molecule has 0 aliphatic carbocycles. The van der Waals surface area contributed by atoms with E-state index in [9.17, 15) is 0 Å². The fraction of sp³-hybridized carbons (Fsp3) is 1.00. The van der Waals surface area contributed by atoms with E-state index in [1.165, 1.54) is 37.3 Å². The number of hydrogen-bond acceptors (Lipinski definition) is 4. The lowest BCUT2D eigenvalue weighted by Gasteiger charge is -2.10. The lowest BCUT2D eigenvalue weighted by Crippen LogP contribution is -2.23. The van der Waals surface area contributed by atoms with Gasteiger partial charge in [-0.1, -0.05) is 0 Å². The zero-order valence-electron chi connectivity index (χ0n) is 10.7. The molecule has 1 fully saturated rings. The second kappa shape index (κ2) is 9.28. The van der Waals surface area contributed by atoms with E-state index in [1.807, 2.05) is 11.8 Å². The Balaban J connectivity index is 1.74. The molecule has 0 saturated carbocycles. The Morgan fingerprint density at radius 2 is 2.25 bits per heavy atom. The van der Waals surface area contributed by atoms with Gasteiger partial charge in [-0.05, 0) is 46.4 Å². The normalized spacial score (nSPS) is 20.8. The highest BCUT2D eigenvalue weighted by molar-refractivity contribution is 7.99. The molecule has 1 atom stereocenters. The maximum atomic E-state index is 5.58. The first kappa shape index (κ1) is 14.3. The highest BCUT2D eigenvalue weighted by Gasteiger charge is 2.14. The zero-order valence-corrected chi connectivity index (χ0v) is 11.5. The van der Waals surface area contributed by atoms with Gasteiger partial charge < -0.3 is 15.0 Å². The molecule has 1 saturated heterocycles. The van der Waals surface area contributed by atoms with Crippen molar-refractivity contribution >= 4 is 11.8 Å². The van der Waals surface area contributed by atoms with Gasteiger partial charge in [0.25, 0.3) is 0 Å². The molecule has 0 amide bonds. The molecule has 1 aliphatic rings. The van der Waals surface area contributed by atoms with Crippen molar-refractivity contribution in [2.45, 2.75) is 25.4 Å². The second-order valence-electron chi connectivity index (χ2n) is 4.62. The highest BCUT2D eigenvalue weighted by Crippen LogP contribution is 2.16. The molecule has 3 nitrogen and oxygen atoms in total. The molecular formula is C12H26N2OS. The summed E-state index contributed by atoms with van der Waals surface area (Å²) in [6, 6.07) is 0. The van der Waals surface area contributed by atoms with Crippen LogP contribution in [-0.4, -0.2) is 62.8 Å². The molecule has 0 aromatic rings. The maximum Gasteiger partial charge on any atom is 0.0666 e. The topological polar surface area (TPSA) is 24.5 Å². The lowest BCUT2D eigenvalue weighted by molar-refractivity contribution is 0.129. The fourth-order valence-electron chi connectivity index (χ4n) is 1.78. The van der Waals surface area contributed by atoms with E-state index in [4.69, 9.17) is 4.74 Å². The van der Waals surface area contributed by atoms with Crippen LogP contribution < -0.4 is 5.32 Å². The summed E-state index contributed by atoms with van der Waals surface area (Å²) in [5, 5.41) is 3.48. The first-order valence-electron chi connectivity index (χ1n) is 6.34. The summed E-state index contributed by atoms with van der Waals surface area (Å²) in [6.07, 6.45) is 4.31. The van der Waals surface area contributed by atoms with Gasteiger partial charge in [-0.2, -0.15) is 11.8 Å². The minimum Gasteiger partial charge on any atom is -0.377 e. The number of ether oxygens (including phenoxy) is 1. The smallest absolute Gasteiger partial charge is 0.0666 e. The van der Waals surface area contributed by atoms with Crippen LogP contribution in [0.2, 0.25) is 0 Å². The van der Waals surface area contributed by atoms with E-state index in [1.54, 1.807) is 0 Å². The Morgan fingerprint density at radius 3 is 2.94 bits per heavy atom. The van der Waals surface area contributed by atoms with Crippen LogP contribution in [0.4, 0.5) is 0 Å². The number of thioether (sulfide) groups is 1. The van der Waals surface area contributed by atoms with Crippen molar-refractivity contribution in [1.82, 2.24) is 10.2 Å². The van der Waals surface area contributed by atoms with Crippen LogP contribution in [0.3, 0.4) is 0 Å². The third kappa shape index (κ3) is 7.49. The van der Waals surface area contributed by atoms with Crippen LogP contribution in [0.25, 0.3) is 0 Å². The Morgan fingerprint density at radius 1 is 1.38 bits per heavy atom. The van der Waals surface area contributed by atoms with Crippen molar-refractivity contribution in [2.75, 3.05) is 51.8 Å². The van der Waals surface area contributed by atoms with E-state index in [2.05, 4.69) is 24.3 Å². The van der Waals surface area contributed by atoms with Gasteiger partial charge >= 0.3 is 0 Å². The third-order valence-corrected chi connectivity index (χ3v) is 3.81. The van der Waals surface area contributed by atoms with Gasteiger partial charge in [-0.25, -0.2) is 0 Å². The fourth-order valence-corrected chi connectivity index (χ4v) is 2.76. The molecule has 0 aromatic heterocycles. The third-order valence-electron chi connectivity index (χ3n) is 2.71. The Kier molecular flexibility index (Phi) is 8.29. The minimum absolute atomic E-state index is 0.541. The maximum absolute atomic E-state index is 5.58. The molecule has 0 radical (unpaired) electrons. The van der Waals surface area contributed by atoms with E-state index in [0.717, 1.165) is 19.7 Å². The minimum atomic E-state index is 0.541. The van der Waals surface area contributed by atoms with Crippen molar-refractivity contribution in [1.29, 1.82) is 0 Å².